The summed E-state index contributed by atoms with van der Waals surface area (Å²) in [7, 11) is -2.18. The molecular weight excluding hydrogens is 288 g/mol. The van der Waals surface area contributed by atoms with Gasteiger partial charge >= 0.3 is 0 Å². The molecule has 0 aliphatic rings. The quantitative estimate of drug-likeness (QED) is 0.914. The first-order valence-electron chi connectivity index (χ1n) is 6.31. The van der Waals surface area contributed by atoms with E-state index in [0.717, 1.165) is 4.31 Å². The summed E-state index contributed by atoms with van der Waals surface area (Å²) in [6.45, 7) is 0. The number of anilines is 1. The maximum absolute atomic E-state index is 12.4. The summed E-state index contributed by atoms with van der Waals surface area (Å²) < 4.78 is 26.0. The van der Waals surface area contributed by atoms with Gasteiger partial charge in [-0.15, -0.1) is 0 Å². The van der Waals surface area contributed by atoms with E-state index in [0.29, 0.717) is 5.56 Å². The number of hydrogen-bond acceptors (Lipinski definition) is 3. The molecule has 0 aromatic heterocycles. The van der Waals surface area contributed by atoms with Gasteiger partial charge in [-0.2, -0.15) is 0 Å². The van der Waals surface area contributed by atoms with E-state index in [1.165, 1.54) is 13.1 Å². The van der Waals surface area contributed by atoms with Crippen molar-refractivity contribution < 1.29 is 13.2 Å². The molecule has 0 aliphatic carbocycles. The smallest absolute Gasteiger partial charge is 0.250 e. The molecule has 2 N–H and O–H groups in total. The first-order valence-corrected chi connectivity index (χ1v) is 7.92. The van der Waals surface area contributed by atoms with Gasteiger partial charge in [0.1, 0.15) is 0 Å². The van der Waals surface area contributed by atoms with Crippen molar-refractivity contribution in [1.29, 1.82) is 0 Å². The number of nitrogens with zero attached hydrogens (tertiary/aromatic N) is 1. The molecule has 5 nitrogen and oxygen atoms in total. The highest BCUT2D eigenvalue weighted by Crippen LogP contribution is 2.23. The molecule has 0 saturated heterocycles. The molecule has 1 amide bonds. The van der Waals surface area contributed by atoms with Gasteiger partial charge in [-0.1, -0.05) is 42.5 Å². The summed E-state index contributed by atoms with van der Waals surface area (Å²) >= 11 is 0. The lowest BCUT2D eigenvalue weighted by Gasteiger charge is -2.21. The monoisotopic (exact) mass is 304 g/mol. The molecule has 0 aliphatic heterocycles. The molecule has 0 atom stereocenters. The van der Waals surface area contributed by atoms with Gasteiger partial charge in [0.25, 0.3) is 5.91 Å². The van der Waals surface area contributed by atoms with Crippen LogP contribution < -0.4 is 10.0 Å². The number of primary amides is 1. The first kappa shape index (κ1) is 15.1. The lowest BCUT2D eigenvalue weighted by Crippen LogP contribution is -2.30. The Hall–Kier alpha value is -2.34. The molecule has 2 rings (SSSR count). The Kier molecular flexibility index (Phi) is 4.28. The zero-order valence-electron chi connectivity index (χ0n) is 11.6. The molecule has 0 spiro atoms. The molecule has 0 saturated carbocycles. The van der Waals surface area contributed by atoms with Crippen LogP contribution in [0.5, 0.6) is 0 Å². The fourth-order valence-corrected chi connectivity index (χ4v) is 3.25. The highest BCUT2D eigenvalue weighted by Gasteiger charge is 2.22. The number of amides is 1. The standard InChI is InChI=1S/C15H16N2O3S/c1-17(14-10-6-5-9-13(14)15(16)18)21(19,20)11-12-7-3-2-4-8-12/h2-10H,11H2,1H3,(H2,16,18). The van der Waals surface area contributed by atoms with E-state index in [1.54, 1.807) is 42.5 Å². The van der Waals surface area contributed by atoms with Crippen LogP contribution in [0.1, 0.15) is 15.9 Å². The van der Waals surface area contributed by atoms with Crippen molar-refractivity contribution in [3.63, 3.8) is 0 Å². The zero-order valence-corrected chi connectivity index (χ0v) is 12.4. The summed E-state index contributed by atoms with van der Waals surface area (Å²) in [5, 5.41) is 0. The van der Waals surface area contributed by atoms with Gasteiger partial charge in [-0.3, -0.25) is 9.10 Å². The van der Waals surface area contributed by atoms with Crippen LogP contribution in [0.3, 0.4) is 0 Å². The van der Waals surface area contributed by atoms with Crippen molar-refractivity contribution in [3.05, 3.63) is 65.7 Å². The van der Waals surface area contributed by atoms with E-state index in [9.17, 15) is 13.2 Å². The van der Waals surface area contributed by atoms with Gasteiger partial charge in [0.15, 0.2) is 0 Å². The number of carbonyl (C=O) groups is 1. The number of sulfonamides is 1. The van der Waals surface area contributed by atoms with E-state index >= 15 is 0 Å². The van der Waals surface area contributed by atoms with Crippen LogP contribution in [0.4, 0.5) is 5.69 Å². The summed E-state index contributed by atoms with van der Waals surface area (Å²) in [6.07, 6.45) is 0. The Balaban J connectivity index is 2.35. The third-order valence-corrected chi connectivity index (χ3v) is 4.85. The van der Waals surface area contributed by atoms with Crippen LogP contribution >= 0.6 is 0 Å². The molecular formula is C15H16N2O3S. The molecule has 0 heterocycles. The molecule has 21 heavy (non-hydrogen) atoms. The van der Waals surface area contributed by atoms with Crippen LogP contribution in [-0.2, 0) is 15.8 Å². The summed E-state index contributed by atoms with van der Waals surface area (Å²) in [4.78, 5) is 11.4. The Morgan fingerprint density at radius 2 is 1.62 bits per heavy atom. The summed E-state index contributed by atoms with van der Waals surface area (Å²) in [5.41, 5.74) is 6.43. The molecule has 2 aromatic carbocycles. The molecule has 0 radical (unpaired) electrons. The lowest BCUT2D eigenvalue weighted by atomic mass is 10.2. The lowest BCUT2D eigenvalue weighted by molar-refractivity contribution is 0.100. The minimum Gasteiger partial charge on any atom is -0.366 e. The molecule has 110 valence electrons. The minimum atomic E-state index is -3.60. The van der Waals surface area contributed by atoms with E-state index in [2.05, 4.69) is 0 Å². The Labute approximate surface area is 124 Å². The van der Waals surface area contributed by atoms with Crippen LogP contribution in [-0.4, -0.2) is 21.4 Å². The number of rotatable bonds is 5. The predicted molar refractivity (Wildman–Crippen MR) is 82.4 cm³/mol. The molecule has 0 bridgehead atoms. The van der Waals surface area contributed by atoms with E-state index < -0.39 is 15.9 Å². The Morgan fingerprint density at radius 1 is 1.05 bits per heavy atom. The molecule has 6 heteroatoms. The van der Waals surface area contributed by atoms with Crippen LogP contribution in [0.2, 0.25) is 0 Å². The summed E-state index contributed by atoms with van der Waals surface area (Å²) in [6, 6.07) is 15.2. The second-order valence-electron chi connectivity index (χ2n) is 4.59. The SMILES string of the molecule is CN(c1ccccc1C(N)=O)S(=O)(=O)Cc1ccccc1. The normalized spacial score (nSPS) is 11.1. The molecule has 2 aromatic rings. The second kappa shape index (κ2) is 5.97. The molecule has 0 unspecified atom stereocenters. The van der Waals surface area contributed by atoms with Gasteiger partial charge in [-0.25, -0.2) is 8.42 Å². The number of nitrogens with two attached hydrogens (primary N) is 1. The van der Waals surface area contributed by atoms with Gasteiger partial charge in [0.2, 0.25) is 10.0 Å². The predicted octanol–water partition coefficient (Wildman–Crippen LogP) is 1.75. The maximum Gasteiger partial charge on any atom is 0.250 e. The van der Waals surface area contributed by atoms with Gasteiger partial charge in [0.05, 0.1) is 17.0 Å². The van der Waals surface area contributed by atoms with Gasteiger partial charge in [-0.05, 0) is 17.7 Å². The first-order chi connectivity index (χ1) is 9.92. The van der Waals surface area contributed by atoms with Crippen LogP contribution in [0.25, 0.3) is 0 Å². The van der Waals surface area contributed by atoms with Gasteiger partial charge < -0.3 is 5.73 Å². The Bertz CT molecular complexity index is 743. The van der Waals surface area contributed by atoms with E-state index in [-0.39, 0.29) is 17.0 Å². The minimum absolute atomic E-state index is 0.141. The van der Waals surface area contributed by atoms with Crippen molar-refractivity contribution in [3.8, 4) is 0 Å². The van der Waals surface area contributed by atoms with Crippen molar-refractivity contribution in [2.45, 2.75) is 5.75 Å². The van der Waals surface area contributed by atoms with Crippen molar-refractivity contribution in [2.75, 3.05) is 11.4 Å². The Morgan fingerprint density at radius 3 is 2.24 bits per heavy atom. The number of benzene rings is 2. The average Bonchev–Trinajstić information content (AvgIpc) is 2.47. The van der Waals surface area contributed by atoms with Gasteiger partial charge in [0, 0.05) is 7.05 Å². The van der Waals surface area contributed by atoms with Crippen molar-refractivity contribution in [2.24, 2.45) is 5.73 Å². The topological polar surface area (TPSA) is 80.5 Å². The van der Waals surface area contributed by atoms with E-state index in [1.807, 2.05) is 6.07 Å². The largest absolute Gasteiger partial charge is 0.366 e. The van der Waals surface area contributed by atoms with Crippen molar-refractivity contribution >= 4 is 21.6 Å². The molecule has 0 fully saturated rings. The van der Waals surface area contributed by atoms with Crippen molar-refractivity contribution in [1.82, 2.24) is 0 Å². The van der Waals surface area contributed by atoms with Crippen LogP contribution in [0, 0.1) is 0 Å². The van der Waals surface area contributed by atoms with E-state index in [4.69, 9.17) is 5.73 Å². The zero-order chi connectivity index (χ0) is 15.5. The van der Waals surface area contributed by atoms with Crippen LogP contribution in [0.15, 0.2) is 54.6 Å². The number of hydrogen-bond donors (Lipinski definition) is 1. The number of para-hydroxylation sites is 1. The third-order valence-electron chi connectivity index (χ3n) is 3.12. The maximum atomic E-state index is 12.4. The third kappa shape index (κ3) is 3.41. The highest BCUT2D eigenvalue weighted by molar-refractivity contribution is 7.92. The summed E-state index contributed by atoms with van der Waals surface area (Å²) in [5.74, 6) is -0.801. The number of carbonyl (C=O) groups excluding carboxylic acids is 1. The average molecular weight is 304 g/mol. The fourth-order valence-electron chi connectivity index (χ4n) is 1.99. The second-order valence-corrected chi connectivity index (χ2v) is 6.59. The fraction of sp³-hybridized carbons (Fsp3) is 0.133. The highest BCUT2D eigenvalue weighted by atomic mass is 32.2.